The van der Waals surface area contributed by atoms with E-state index >= 15 is 0 Å². The Labute approximate surface area is 93.2 Å². The van der Waals surface area contributed by atoms with Gasteiger partial charge in [-0.3, -0.25) is 0 Å². The Morgan fingerprint density at radius 2 is 2.13 bits per heavy atom. The van der Waals surface area contributed by atoms with E-state index in [1.807, 2.05) is 0 Å². The van der Waals surface area contributed by atoms with Gasteiger partial charge in [0.1, 0.15) is 6.10 Å². The average Bonchev–Trinajstić information content (AvgIpc) is 2.09. The highest BCUT2D eigenvalue weighted by Crippen LogP contribution is 2.24. The Kier molecular flexibility index (Phi) is 2.82. The van der Waals surface area contributed by atoms with Crippen molar-refractivity contribution in [1.82, 2.24) is 0 Å². The first kappa shape index (κ1) is 10.3. The number of nitrogen functional groups attached to an aromatic ring is 1. The molecule has 2 rings (SSSR count). The number of carbonyl (C=O) groups is 1. The molecule has 0 amide bonds. The lowest BCUT2D eigenvalue weighted by atomic mass is 9.96. The van der Waals surface area contributed by atoms with E-state index in [0.29, 0.717) is 16.3 Å². The molecule has 4 heteroatoms. The lowest BCUT2D eigenvalue weighted by Crippen LogP contribution is -2.25. The van der Waals surface area contributed by atoms with Crippen LogP contribution in [0.4, 0.5) is 5.69 Å². The maximum Gasteiger partial charge on any atom is 0.338 e. The number of ether oxygens (including phenoxy) is 1. The molecule has 3 nitrogen and oxygen atoms in total. The summed E-state index contributed by atoms with van der Waals surface area (Å²) in [7, 11) is 0. The smallest absolute Gasteiger partial charge is 0.338 e. The van der Waals surface area contributed by atoms with Crippen LogP contribution in [0, 0.1) is 0 Å². The van der Waals surface area contributed by atoms with Crippen molar-refractivity contribution in [2.24, 2.45) is 0 Å². The van der Waals surface area contributed by atoms with Gasteiger partial charge >= 0.3 is 5.97 Å². The summed E-state index contributed by atoms with van der Waals surface area (Å²) in [4.78, 5) is 11.6. The van der Waals surface area contributed by atoms with Gasteiger partial charge in [-0.15, -0.1) is 0 Å². The van der Waals surface area contributed by atoms with Crippen LogP contribution in [0.1, 0.15) is 29.6 Å². The Morgan fingerprint density at radius 3 is 2.67 bits per heavy atom. The SMILES string of the molecule is Nc1cc(Cl)cc(C(=O)OC2CCC2)c1. The Bertz CT molecular complexity index is 368. The molecule has 0 heterocycles. The predicted molar refractivity (Wildman–Crippen MR) is 58.9 cm³/mol. The lowest BCUT2D eigenvalue weighted by Gasteiger charge is -2.25. The number of esters is 1. The summed E-state index contributed by atoms with van der Waals surface area (Å²) in [5.41, 5.74) is 6.48. The Morgan fingerprint density at radius 1 is 1.40 bits per heavy atom. The molecule has 0 atom stereocenters. The summed E-state index contributed by atoms with van der Waals surface area (Å²) in [6, 6.07) is 4.74. The van der Waals surface area contributed by atoms with Crippen LogP contribution in [0.2, 0.25) is 5.02 Å². The second-order valence-electron chi connectivity index (χ2n) is 3.73. The van der Waals surface area contributed by atoms with Gasteiger partial charge in [-0.25, -0.2) is 4.79 Å². The first-order chi connectivity index (χ1) is 7.15. The van der Waals surface area contributed by atoms with Gasteiger partial charge in [-0.1, -0.05) is 11.6 Å². The van der Waals surface area contributed by atoms with E-state index in [0.717, 1.165) is 19.3 Å². The van der Waals surface area contributed by atoms with Gasteiger partial charge in [0.05, 0.1) is 5.56 Å². The topological polar surface area (TPSA) is 52.3 Å². The number of hydrogen-bond donors (Lipinski definition) is 1. The third-order valence-corrected chi connectivity index (χ3v) is 2.70. The summed E-state index contributed by atoms with van der Waals surface area (Å²) in [6.07, 6.45) is 3.14. The molecule has 80 valence electrons. The van der Waals surface area contributed by atoms with Crippen molar-refractivity contribution in [2.75, 3.05) is 5.73 Å². The van der Waals surface area contributed by atoms with Crippen LogP contribution < -0.4 is 5.73 Å². The summed E-state index contributed by atoms with van der Waals surface area (Å²) in [5.74, 6) is -0.339. The highest BCUT2D eigenvalue weighted by molar-refractivity contribution is 6.31. The quantitative estimate of drug-likeness (QED) is 0.622. The first-order valence-electron chi connectivity index (χ1n) is 4.92. The average molecular weight is 226 g/mol. The fourth-order valence-electron chi connectivity index (χ4n) is 1.44. The molecule has 0 radical (unpaired) electrons. The zero-order valence-electron chi connectivity index (χ0n) is 8.20. The fourth-order valence-corrected chi connectivity index (χ4v) is 1.68. The number of hydrogen-bond acceptors (Lipinski definition) is 3. The van der Waals surface area contributed by atoms with E-state index in [1.165, 1.54) is 0 Å². The van der Waals surface area contributed by atoms with E-state index in [-0.39, 0.29) is 12.1 Å². The monoisotopic (exact) mass is 225 g/mol. The lowest BCUT2D eigenvalue weighted by molar-refractivity contribution is 0.00901. The molecule has 1 aromatic rings. The highest BCUT2D eigenvalue weighted by Gasteiger charge is 2.22. The van der Waals surface area contributed by atoms with Crippen LogP contribution in [0.3, 0.4) is 0 Å². The number of benzene rings is 1. The van der Waals surface area contributed by atoms with Gasteiger partial charge in [0.15, 0.2) is 0 Å². The van der Waals surface area contributed by atoms with Crippen LogP contribution in [0.25, 0.3) is 0 Å². The zero-order chi connectivity index (χ0) is 10.8. The van der Waals surface area contributed by atoms with Crippen molar-refractivity contribution in [1.29, 1.82) is 0 Å². The third-order valence-electron chi connectivity index (χ3n) is 2.48. The van der Waals surface area contributed by atoms with Gasteiger partial charge < -0.3 is 10.5 Å². The minimum atomic E-state index is -0.339. The van der Waals surface area contributed by atoms with Gasteiger partial charge in [-0.2, -0.15) is 0 Å². The van der Waals surface area contributed by atoms with Crippen LogP contribution >= 0.6 is 11.6 Å². The van der Waals surface area contributed by atoms with Crippen molar-refractivity contribution in [3.05, 3.63) is 28.8 Å². The van der Waals surface area contributed by atoms with Crippen LogP contribution in [-0.2, 0) is 4.74 Å². The molecular formula is C11H12ClNO2. The van der Waals surface area contributed by atoms with Crippen molar-refractivity contribution < 1.29 is 9.53 Å². The van der Waals surface area contributed by atoms with Crippen molar-refractivity contribution in [3.63, 3.8) is 0 Å². The number of nitrogens with two attached hydrogens (primary N) is 1. The number of halogens is 1. The molecule has 0 unspecified atom stereocenters. The second-order valence-corrected chi connectivity index (χ2v) is 4.17. The molecule has 0 aliphatic heterocycles. The Balaban J connectivity index is 2.10. The minimum Gasteiger partial charge on any atom is -0.459 e. The maximum absolute atomic E-state index is 11.6. The molecule has 15 heavy (non-hydrogen) atoms. The van der Waals surface area contributed by atoms with Gasteiger partial charge in [-0.05, 0) is 37.5 Å². The molecular weight excluding hydrogens is 214 g/mol. The molecule has 0 bridgehead atoms. The fraction of sp³-hybridized carbons (Fsp3) is 0.364. The molecule has 1 aliphatic carbocycles. The van der Waals surface area contributed by atoms with Crippen LogP contribution in [-0.4, -0.2) is 12.1 Å². The van der Waals surface area contributed by atoms with E-state index in [9.17, 15) is 4.79 Å². The zero-order valence-corrected chi connectivity index (χ0v) is 8.96. The molecule has 2 N–H and O–H groups in total. The standard InChI is InChI=1S/C11H12ClNO2/c12-8-4-7(5-9(13)6-8)11(14)15-10-2-1-3-10/h4-6,10H,1-3,13H2. The third kappa shape index (κ3) is 2.42. The summed E-state index contributed by atoms with van der Waals surface area (Å²) in [6.45, 7) is 0. The summed E-state index contributed by atoms with van der Waals surface area (Å²) in [5, 5.41) is 0.454. The van der Waals surface area contributed by atoms with Gasteiger partial charge in [0.25, 0.3) is 0 Å². The van der Waals surface area contributed by atoms with Crippen molar-refractivity contribution in [2.45, 2.75) is 25.4 Å². The highest BCUT2D eigenvalue weighted by atomic mass is 35.5. The van der Waals surface area contributed by atoms with E-state index in [4.69, 9.17) is 22.1 Å². The van der Waals surface area contributed by atoms with Crippen LogP contribution in [0.5, 0.6) is 0 Å². The van der Waals surface area contributed by atoms with Gasteiger partial charge in [0, 0.05) is 10.7 Å². The Hall–Kier alpha value is -1.22. The molecule has 1 saturated carbocycles. The predicted octanol–water partition coefficient (Wildman–Crippen LogP) is 2.63. The van der Waals surface area contributed by atoms with Gasteiger partial charge in [0.2, 0.25) is 0 Å². The number of rotatable bonds is 2. The normalized spacial score (nSPS) is 15.8. The van der Waals surface area contributed by atoms with Crippen molar-refractivity contribution >= 4 is 23.3 Å². The number of carbonyl (C=O) groups excluding carboxylic acids is 1. The molecule has 1 fully saturated rings. The molecule has 0 spiro atoms. The van der Waals surface area contributed by atoms with Crippen molar-refractivity contribution in [3.8, 4) is 0 Å². The minimum absolute atomic E-state index is 0.0812. The second kappa shape index (κ2) is 4.11. The molecule has 0 aromatic heterocycles. The first-order valence-corrected chi connectivity index (χ1v) is 5.30. The largest absolute Gasteiger partial charge is 0.459 e. The van der Waals surface area contributed by atoms with E-state index in [2.05, 4.69) is 0 Å². The maximum atomic E-state index is 11.6. The summed E-state index contributed by atoms with van der Waals surface area (Å²) >= 11 is 5.79. The molecule has 1 aromatic carbocycles. The number of anilines is 1. The molecule has 0 saturated heterocycles. The summed E-state index contributed by atoms with van der Waals surface area (Å²) < 4.78 is 5.23. The van der Waals surface area contributed by atoms with E-state index in [1.54, 1.807) is 18.2 Å². The van der Waals surface area contributed by atoms with Crippen LogP contribution in [0.15, 0.2) is 18.2 Å². The van der Waals surface area contributed by atoms with E-state index < -0.39 is 0 Å². The molecule has 1 aliphatic rings.